The number of hydrogen-bond donors (Lipinski definition) is 2. The summed E-state index contributed by atoms with van der Waals surface area (Å²) in [4.78, 5) is 6.40. The Labute approximate surface area is 176 Å². The Morgan fingerprint density at radius 1 is 1.15 bits per heavy atom. The highest BCUT2D eigenvalue weighted by molar-refractivity contribution is 14.0. The lowest BCUT2D eigenvalue weighted by atomic mass is 10.2. The van der Waals surface area contributed by atoms with E-state index in [2.05, 4.69) is 53.0 Å². The van der Waals surface area contributed by atoms with Gasteiger partial charge in [0, 0.05) is 44.3 Å². The minimum Gasteiger partial charge on any atom is -0.434 e. The molecule has 27 heavy (non-hydrogen) atoms. The van der Waals surface area contributed by atoms with Gasteiger partial charge in [-0.05, 0) is 39.8 Å². The number of alkyl halides is 2. The summed E-state index contributed by atoms with van der Waals surface area (Å²) in [5.41, 5.74) is 0.0294. The fraction of sp³-hybridized carbons (Fsp3) is 0.611. The number of rotatable bonds is 9. The molecule has 0 saturated heterocycles. The first-order valence-electron chi connectivity index (χ1n) is 8.68. The number of aliphatic imine (C=N–C) groups is 1. The van der Waals surface area contributed by atoms with E-state index in [4.69, 9.17) is 0 Å². The highest BCUT2D eigenvalue weighted by Crippen LogP contribution is 2.23. The molecule has 0 aliphatic rings. The van der Waals surface area contributed by atoms with Crippen molar-refractivity contribution in [2.45, 2.75) is 52.9 Å². The molecular formula is C18H30F3IN4O. The van der Waals surface area contributed by atoms with Crippen molar-refractivity contribution in [1.82, 2.24) is 15.5 Å². The summed E-state index contributed by atoms with van der Waals surface area (Å²) < 4.78 is 43.3. The van der Waals surface area contributed by atoms with Crippen molar-refractivity contribution in [2.24, 2.45) is 4.99 Å². The van der Waals surface area contributed by atoms with Crippen LogP contribution in [-0.2, 0) is 6.54 Å². The van der Waals surface area contributed by atoms with Gasteiger partial charge < -0.3 is 15.4 Å². The van der Waals surface area contributed by atoms with Crippen molar-refractivity contribution in [2.75, 3.05) is 20.1 Å². The Kier molecular flexibility index (Phi) is 12.4. The first kappa shape index (κ1) is 25.8. The molecule has 0 aliphatic carbocycles. The molecule has 9 heteroatoms. The zero-order chi connectivity index (χ0) is 19.7. The molecule has 156 valence electrons. The molecule has 1 aromatic rings. The van der Waals surface area contributed by atoms with Gasteiger partial charge in [-0.1, -0.05) is 6.07 Å². The van der Waals surface area contributed by atoms with Crippen molar-refractivity contribution in [3.8, 4) is 5.75 Å². The van der Waals surface area contributed by atoms with Crippen LogP contribution in [0.25, 0.3) is 0 Å². The normalized spacial score (nSPS) is 11.9. The second-order valence-electron chi connectivity index (χ2n) is 6.37. The van der Waals surface area contributed by atoms with E-state index in [1.54, 1.807) is 7.05 Å². The number of guanidine groups is 1. The topological polar surface area (TPSA) is 48.9 Å². The van der Waals surface area contributed by atoms with Gasteiger partial charge >= 0.3 is 6.61 Å². The number of nitrogens with one attached hydrogen (secondary N) is 2. The summed E-state index contributed by atoms with van der Waals surface area (Å²) >= 11 is 0. The summed E-state index contributed by atoms with van der Waals surface area (Å²) in [5.74, 6) is -0.339. The fourth-order valence-corrected chi connectivity index (χ4v) is 2.73. The van der Waals surface area contributed by atoms with Crippen molar-refractivity contribution < 1.29 is 17.9 Å². The van der Waals surface area contributed by atoms with Gasteiger partial charge in [0.25, 0.3) is 0 Å². The maximum atomic E-state index is 14.0. The summed E-state index contributed by atoms with van der Waals surface area (Å²) in [6, 6.07) is 4.68. The van der Waals surface area contributed by atoms with Crippen LogP contribution in [0.1, 0.15) is 33.3 Å². The minimum absolute atomic E-state index is 0. The Bertz CT molecular complexity index is 578. The molecule has 0 spiro atoms. The molecule has 0 atom stereocenters. The van der Waals surface area contributed by atoms with Gasteiger partial charge in [0.1, 0.15) is 11.6 Å². The molecule has 1 rings (SSSR count). The van der Waals surface area contributed by atoms with Gasteiger partial charge in [0.05, 0.1) is 0 Å². The molecule has 0 saturated carbocycles. The fourth-order valence-electron chi connectivity index (χ4n) is 2.73. The summed E-state index contributed by atoms with van der Waals surface area (Å²) in [6.45, 7) is 6.97. The predicted octanol–water partition coefficient (Wildman–Crippen LogP) is 3.83. The Hall–Kier alpha value is -1.23. The molecule has 0 aliphatic heterocycles. The van der Waals surface area contributed by atoms with Crippen LogP contribution in [-0.4, -0.2) is 49.7 Å². The van der Waals surface area contributed by atoms with E-state index in [1.165, 1.54) is 18.2 Å². The quantitative estimate of drug-likeness (QED) is 0.306. The number of hydrogen-bond acceptors (Lipinski definition) is 3. The lowest BCUT2D eigenvalue weighted by Gasteiger charge is -2.30. The van der Waals surface area contributed by atoms with Gasteiger partial charge in [-0.15, -0.1) is 24.0 Å². The number of halogens is 4. The van der Waals surface area contributed by atoms with Crippen molar-refractivity contribution >= 4 is 29.9 Å². The summed E-state index contributed by atoms with van der Waals surface area (Å²) in [5, 5.41) is 6.07. The lowest BCUT2D eigenvalue weighted by Crippen LogP contribution is -2.45. The molecular weight excluding hydrogens is 472 g/mol. The van der Waals surface area contributed by atoms with Crippen LogP contribution in [0.15, 0.2) is 23.2 Å². The molecule has 2 N–H and O–H groups in total. The van der Waals surface area contributed by atoms with E-state index < -0.39 is 12.4 Å². The van der Waals surface area contributed by atoms with Crippen molar-refractivity contribution in [1.29, 1.82) is 0 Å². The molecule has 0 fully saturated rings. The molecule has 0 radical (unpaired) electrons. The van der Waals surface area contributed by atoms with E-state index in [0.717, 1.165) is 6.54 Å². The molecule has 0 heterocycles. The van der Waals surface area contributed by atoms with E-state index in [-0.39, 0.29) is 41.8 Å². The maximum absolute atomic E-state index is 14.0. The maximum Gasteiger partial charge on any atom is 0.387 e. The molecule has 1 aromatic carbocycles. The third-order valence-electron chi connectivity index (χ3n) is 3.94. The highest BCUT2D eigenvalue weighted by Gasteiger charge is 2.15. The average molecular weight is 502 g/mol. The molecule has 5 nitrogen and oxygen atoms in total. The van der Waals surface area contributed by atoms with Crippen molar-refractivity contribution in [3.63, 3.8) is 0 Å². The van der Waals surface area contributed by atoms with Gasteiger partial charge in [-0.2, -0.15) is 8.78 Å². The van der Waals surface area contributed by atoms with E-state index in [0.29, 0.717) is 24.6 Å². The SMILES string of the molecule is CN=C(NCCN(C(C)C)C(C)C)NCc1c(F)cccc1OC(F)F.I. The minimum atomic E-state index is -3.01. The van der Waals surface area contributed by atoms with E-state index >= 15 is 0 Å². The van der Waals surface area contributed by atoms with Crippen LogP contribution < -0.4 is 15.4 Å². The molecule has 0 amide bonds. The van der Waals surface area contributed by atoms with Gasteiger partial charge in [-0.25, -0.2) is 4.39 Å². The zero-order valence-corrected chi connectivity index (χ0v) is 18.8. The Morgan fingerprint density at radius 3 is 2.30 bits per heavy atom. The monoisotopic (exact) mass is 502 g/mol. The highest BCUT2D eigenvalue weighted by atomic mass is 127. The summed E-state index contributed by atoms with van der Waals surface area (Å²) in [6.07, 6.45) is 0. The van der Waals surface area contributed by atoms with E-state index in [1.807, 2.05) is 0 Å². The number of nitrogens with zero attached hydrogens (tertiary/aromatic N) is 2. The van der Waals surface area contributed by atoms with Crippen LogP contribution in [0.3, 0.4) is 0 Å². The second-order valence-corrected chi connectivity index (χ2v) is 6.37. The largest absolute Gasteiger partial charge is 0.434 e. The lowest BCUT2D eigenvalue weighted by molar-refractivity contribution is -0.0506. The molecule has 0 aromatic heterocycles. The summed E-state index contributed by atoms with van der Waals surface area (Å²) in [7, 11) is 1.59. The smallest absolute Gasteiger partial charge is 0.387 e. The van der Waals surface area contributed by atoms with Crippen LogP contribution >= 0.6 is 24.0 Å². The Balaban J connectivity index is 0.00000676. The standard InChI is InChI=1S/C18H29F3N4O.HI/c1-12(2)25(13(3)4)10-9-23-18(22-5)24-11-14-15(19)7-6-8-16(14)26-17(20)21;/h6-8,12-13,17H,9-11H2,1-5H3,(H2,22,23,24);1H. The second kappa shape index (κ2) is 13.0. The number of benzene rings is 1. The predicted molar refractivity (Wildman–Crippen MR) is 114 cm³/mol. The van der Waals surface area contributed by atoms with Gasteiger partial charge in [-0.3, -0.25) is 9.89 Å². The third-order valence-corrected chi connectivity index (χ3v) is 3.94. The van der Waals surface area contributed by atoms with Crippen LogP contribution in [0.4, 0.5) is 13.2 Å². The first-order chi connectivity index (χ1) is 12.3. The van der Waals surface area contributed by atoms with Crippen molar-refractivity contribution in [3.05, 3.63) is 29.6 Å². The van der Waals surface area contributed by atoms with Gasteiger partial charge in [0.2, 0.25) is 0 Å². The molecule has 0 bridgehead atoms. The van der Waals surface area contributed by atoms with Crippen LogP contribution in [0.2, 0.25) is 0 Å². The molecule has 0 unspecified atom stereocenters. The average Bonchev–Trinajstić information content (AvgIpc) is 2.54. The third kappa shape index (κ3) is 9.00. The van der Waals surface area contributed by atoms with E-state index in [9.17, 15) is 13.2 Å². The first-order valence-corrected chi connectivity index (χ1v) is 8.68. The van der Waals surface area contributed by atoms with Crippen LogP contribution in [0.5, 0.6) is 5.75 Å². The Morgan fingerprint density at radius 2 is 1.78 bits per heavy atom. The van der Waals surface area contributed by atoms with Crippen LogP contribution in [0, 0.1) is 5.82 Å². The van der Waals surface area contributed by atoms with Gasteiger partial charge in [0.15, 0.2) is 5.96 Å². The number of ether oxygens (including phenoxy) is 1. The zero-order valence-electron chi connectivity index (χ0n) is 16.4.